The van der Waals surface area contributed by atoms with Crippen LogP contribution in [0.2, 0.25) is 0 Å². The van der Waals surface area contributed by atoms with Crippen LogP contribution in [0.25, 0.3) is 0 Å². The fourth-order valence-electron chi connectivity index (χ4n) is 1.74. The van der Waals surface area contributed by atoms with Gasteiger partial charge in [0.05, 0.1) is 4.99 Å². The van der Waals surface area contributed by atoms with Crippen LogP contribution in [0, 0.1) is 10.8 Å². The van der Waals surface area contributed by atoms with Gasteiger partial charge in [0.15, 0.2) is 0 Å². The third-order valence-electron chi connectivity index (χ3n) is 2.72. The zero-order valence-electron chi connectivity index (χ0n) is 9.82. The highest BCUT2D eigenvalue weighted by Crippen LogP contribution is 2.36. The van der Waals surface area contributed by atoms with Crippen molar-refractivity contribution in [1.29, 1.82) is 0 Å². The number of rotatable bonds is 4. The van der Waals surface area contributed by atoms with Crippen LogP contribution in [0.1, 0.15) is 47.5 Å². The maximum absolute atomic E-state index is 5.30. The van der Waals surface area contributed by atoms with Crippen molar-refractivity contribution < 1.29 is 0 Å². The van der Waals surface area contributed by atoms with Crippen molar-refractivity contribution >= 4 is 17.2 Å². The van der Waals surface area contributed by atoms with Gasteiger partial charge >= 0.3 is 0 Å². The molecule has 0 heterocycles. The quantitative estimate of drug-likeness (QED) is 0.700. The van der Waals surface area contributed by atoms with E-state index in [0.29, 0.717) is 5.41 Å². The molecule has 0 amide bonds. The van der Waals surface area contributed by atoms with Crippen molar-refractivity contribution in [1.82, 2.24) is 5.32 Å². The Balaban J connectivity index is 4.41. The number of hydrogen-bond donors (Lipinski definition) is 1. The van der Waals surface area contributed by atoms with E-state index in [1.165, 1.54) is 6.42 Å². The van der Waals surface area contributed by atoms with Crippen LogP contribution >= 0.6 is 12.2 Å². The average molecular weight is 201 g/mol. The molecule has 0 unspecified atom stereocenters. The van der Waals surface area contributed by atoms with Gasteiger partial charge in [-0.3, -0.25) is 0 Å². The second-order valence-electron chi connectivity index (χ2n) is 5.16. The molecule has 1 N–H and O–H groups in total. The highest BCUT2D eigenvalue weighted by Gasteiger charge is 2.30. The molecule has 13 heavy (non-hydrogen) atoms. The molecule has 0 radical (unpaired) electrons. The van der Waals surface area contributed by atoms with Crippen molar-refractivity contribution in [2.24, 2.45) is 10.8 Å². The Morgan fingerprint density at radius 3 is 2.00 bits per heavy atom. The lowest BCUT2D eigenvalue weighted by atomic mass is 9.73. The van der Waals surface area contributed by atoms with Gasteiger partial charge in [-0.05, 0) is 11.8 Å². The van der Waals surface area contributed by atoms with Crippen molar-refractivity contribution in [3.05, 3.63) is 0 Å². The fourth-order valence-corrected chi connectivity index (χ4v) is 1.81. The summed E-state index contributed by atoms with van der Waals surface area (Å²) in [6, 6.07) is 0. The molecule has 0 aromatic heterocycles. The van der Waals surface area contributed by atoms with Gasteiger partial charge in [0.2, 0.25) is 0 Å². The van der Waals surface area contributed by atoms with Gasteiger partial charge < -0.3 is 5.32 Å². The molecule has 0 saturated carbocycles. The summed E-state index contributed by atoms with van der Waals surface area (Å²) in [4.78, 5) is 0.967. The summed E-state index contributed by atoms with van der Waals surface area (Å²) in [5.74, 6) is 0. The zero-order chi connectivity index (χ0) is 10.7. The molecule has 0 spiro atoms. The Kier molecular flexibility index (Phi) is 4.37. The van der Waals surface area contributed by atoms with Crippen molar-refractivity contribution in [3.8, 4) is 0 Å². The minimum Gasteiger partial charge on any atom is -0.382 e. The molecular formula is C11H23NS. The van der Waals surface area contributed by atoms with Gasteiger partial charge in [0.25, 0.3) is 0 Å². The molecule has 78 valence electrons. The minimum absolute atomic E-state index is 0.115. The summed E-state index contributed by atoms with van der Waals surface area (Å²) < 4.78 is 0. The first kappa shape index (κ1) is 12.9. The maximum atomic E-state index is 5.30. The Labute approximate surface area is 88.3 Å². The Bertz CT molecular complexity index is 183. The monoisotopic (exact) mass is 201 g/mol. The normalized spacial score (nSPS) is 12.8. The topological polar surface area (TPSA) is 12.0 Å². The summed E-state index contributed by atoms with van der Waals surface area (Å²) in [5, 5.41) is 3.08. The molecule has 0 aliphatic heterocycles. The summed E-state index contributed by atoms with van der Waals surface area (Å²) in [6.07, 6.45) is 2.33. The minimum atomic E-state index is 0.115. The lowest BCUT2D eigenvalue weighted by Crippen LogP contribution is -2.36. The van der Waals surface area contributed by atoms with E-state index in [1.54, 1.807) is 0 Å². The smallest absolute Gasteiger partial charge is 0.0808 e. The molecular weight excluding hydrogens is 178 g/mol. The van der Waals surface area contributed by atoms with Gasteiger partial charge in [-0.2, -0.15) is 0 Å². The Hall–Kier alpha value is -0.110. The number of nitrogens with one attached hydrogen (secondary N) is 1. The predicted octanol–water partition coefficient (Wildman–Crippen LogP) is 3.39. The third kappa shape index (κ3) is 4.08. The van der Waals surface area contributed by atoms with E-state index in [1.807, 2.05) is 7.05 Å². The van der Waals surface area contributed by atoms with Crippen LogP contribution in [-0.4, -0.2) is 12.0 Å². The van der Waals surface area contributed by atoms with Crippen LogP contribution in [0.4, 0.5) is 0 Å². The predicted molar refractivity (Wildman–Crippen MR) is 64.1 cm³/mol. The first-order valence-corrected chi connectivity index (χ1v) is 5.38. The molecule has 0 aromatic carbocycles. The second-order valence-corrected chi connectivity index (χ2v) is 5.57. The maximum Gasteiger partial charge on any atom is 0.0808 e. The van der Waals surface area contributed by atoms with E-state index in [9.17, 15) is 0 Å². The molecule has 0 saturated heterocycles. The van der Waals surface area contributed by atoms with Crippen LogP contribution < -0.4 is 5.32 Å². The molecule has 1 nitrogen and oxygen atoms in total. The second kappa shape index (κ2) is 4.41. The highest BCUT2D eigenvalue weighted by molar-refractivity contribution is 7.80. The standard InChI is InChI=1S/C11H23NS/c1-7-10(2,3)8-11(4,5)9(13)12-6/h7-8H2,1-6H3,(H,12,13). The van der Waals surface area contributed by atoms with Crippen LogP contribution in [0.5, 0.6) is 0 Å². The molecule has 0 fully saturated rings. The highest BCUT2D eigenvalue weighted by atomic mass is 32.1. The SMILES string of the molecule is CCC(C)(C)CC(C)(C)C(=S)NC. The van der Waals surface area contributed by atoms with Gasteiger partial charge in [-0.25, -0.2) is 0 Å². The average Bonchev–Trinajstić information content (AvgIpc) is 2.01. The van der Waals surface area contributed by atoms with Crippen molar-refractivity contribution in [2.45, 2.75) is 47.5 Å². The fraction of sp³-hybridized carbons (Fsp3) is 0.909. The molecule has 0 aromatic rings. The lowest BCUT2D eigenvalue weighted by molar-refractivity contribution is 0.243. The molecule has 0 rings (SSSR count). The van der Waals surface area contributed by atoms with E-state index in [-0.39, 0.29) is 5.41 Å². The van der Waals surface area contributed by atoms with Crippen LogP contribution in [0.15, 0.2) is 0 Å². The van der Waals surface area contributed by atoms with E-state index >= 15 is 0 Å². The van der Waals surface area contributed by atoms with Crippen molar-refractivity contribution in [3.63, 3.8) is 0 Å². The molecule has 0 atom stereocenters. The molecule has 0 bridgehead atoms. The van der Waals surface area contributed by atoms with E-state index in [2.05, 4.69) is 39.9 Å². The summed E-state index contributed by atoms with van der Waals surface area (Å²) in [7, 11) is 1.91. The Morgan fingerprint density at radius 1 is 1.23 bits per heavy atom. The van der Waals surface area contributed by atoms with Gasteiger partial charge in [0.1, 0.15) is 0 Å². The third-order valence-corrected chi connectivity index (χ3v) is 3.48. The summed E-state index contributed by atoms with van der Waals surface area (Å²) >= 11 is 5.30. The van der Waals surface area contributed by atoms with E-state index in [4.69, 9.17) is 12.2 Å². The molecule has 2 heteroatoms. The van der Waals surface area contributed by atoms with Gasteiger partial charge in [-0.15, -0.1) is 0 Å². The van der Waals surface area contributed by atoms with E-state index in [0.717, 1.165) is 11.4 Å². The lowest BCUT2D eigenvalue weighted by Gasteiger charge is -2.34. The number of thiocarbonyl (C=S) groups is 1. The largest absolute Gasteiger partial charge is 0.382 e. The summed E-state index contributed by atoms with van der Waals surface area (Å²) in [5.41, 5.74) is 0.494. The summed E-state index contributed by atoms with van der Waals surface area (Å²) in [6.45, 7) is 11.3. The van der Waals surface area contributed by atoms with E-state index < -0.39 is 0 Å². The molecule has 0 aliphatic carbocycles. The molecule has 0 aliphatic rings. The van der Waals surface area contributed by atoms with Crippen LogP contribution in [0.3, 0.4) is 0 Å². The number of hydrogen-bond acceptors (Lipinski definition) is 1. The van der Waals surface area contributed by atoms with Crippen molar-refractivity contribution in [2.75, 3.05) is 7.05 Å². The van der Waals surface area contributed by atoms with Gasteiger partial charge in [0, 0.05) is 12.5 Å². The van der Waals surface area contributed by atoms with Crippen LogP contribution in [-0.2, 0) is 0 Å². The van der Waals surface area contributed by atoms with Gasteiger partial charge in [-0.1, -0.05) is 53.3 Å². The first-order valence-electron chi connectivity index (χ1n) is 4.97. The Morgan fingerprint density at radius 2 is 1.69 bits per heavy atom. The zero-order valence-corrected chi connectivity index (χ0v) is 10.6. The first-order chi connectivity index (χ1) is 5.75.